The van der Waals surface area contributed by atoms with Gasteiger partial charge >= 0.3 is 0 Å². The van der Waals surface area contributed by atoms with Crippen LogP contribution in [0.5, 0.6) is 0 Å². The third-order valence-corrected chi connectivity index (χ3v) is 5.85. The van der Waals surface area contributed by atoms with Crippen molar-refractivity contribution in [2.75, 3.05) is 11.4 Å². The zero-order chi connectivity index (χ0) is 16.0. The van der Waals surface area contributed by atoms with E-state index in [0.717, 1.165) is 41.2 Å². The Labute approximate surface area is 145 Å². The lowest BCUT2D eigenvalue weighted by Gasteiger charge is -2.28. The third kappa shape index (κ3) is 2.57. The first kappa shape index (κ1) is 14.8. The molecule has 4 rings (SSSR count). The van der Waals surface area contributed by atoms with Crippen LogP contribution in [0.1, 0.15) is 23.7 Å². The fourth-order valence-corrected chi connectivity index (χ4v) is 4.34. The average molecular weight is 391 g/mol. The number of benzene rings is 1. The van der Waals surface area contributed by atoms with Gasteiger partial charge in [0.2, 0.25) is 10.1 Å². The Morgan fingerprint density at radius 2 is 2.26 bits per heavy atom. The van der Waals surface area contributed by atoms with E-state index in [2.05, 4.69) is 49.1 Å². The summed E-state index contributed by atoms with van der Waals surface area (Å²) >= 11 is 5.12. The molecule has 5 nitrogen and oxygen atoms in total. The highest BCUT2D eigenvalue weighted by molar-refractivity contribution is 9.10. The lowest BCUT2D eigenvalue weighted by atomic mass is 10.0. The maximum absolute atomic E-state index is 12.1. The maximum atomic E-state index is 12.1. The molecule has 0 radical (unpaired) electrons. The van der Waals surface area contributed by atoms with Crippen molar-refractivity contribution >= 4 is 37.4 Å². The normalized spacial score (nSPS) is 14.3. The van der Waals surface area contributed by atoms with E-state index >= 15 is 0 Å². The summed E-state index contributed by atoms with van der Waals surface area (Å²) in [5, 5.41) is 5.34. The predicted octanol–water partition coefficient (Wildman–Crippen LogP) is 3.04. The molecule has 0 bridgehead atoms. The standard InChI is InChI=1S/C16H15BrN4OS/c1-2-11-8-14(22)21-15(18-11)23-16(19-21)20-7-6-10-4-3-5-13(17)12(10)9-20/h3-5,8H,2,6-7,9H2,1H3. The Balaban J connectivity index is 1.74. The van der Waals surface area contributed by atoms with Gasteiger partial charge in [0.05, 0.1) is 0 Å². The first-order valence-corrected chi connectivity index (χ1v) is 9.17. The summed E-state index contributed by atoms with van der Waals surface area (Å²) in [6.07, 6.45) is 1.73. The SMILES string of the molecule is CCc1cc(=O)n2nc(N3CCc4cccc(Br)c4C3)sc2n1. The van der Waals surface area contributed by atoms with Crippen LogP contribution in [-0.2, 0) is 19.4 Å². The minimum atomic E-state index is -0.104. The van der Waals surface area contributed by atoms with Crippen molar-refractivity contribution in [2.24, 2.45) is 0 Å². The number of nitrogens with zero attached hydrogens (tertiary/aromatic N) is 4. The Morgan fingerprint density at radius 3 is 3.09 bits per heavy atom. The summed E-state index contributed by atoms with van der Waals surface area (Å²) in [6.45, 7) is 3.70. The molecule has 1 aliphatic heterocycles. The molecule has 0 N–H and O–H groups in total. The van der Waals surface area contributed by atoms with Crippen LogP contribution in [-0.4, -0.2) is 21.1 Å². The first-order chi connectivity index (χ1) is 11.2. The molecule has 1 aromatic carbocycles. The van der Waals surface area contributed by atoms with E-state index in [9.17, 15) is 4.79 Å². The summed E-state index contributed by atoms with van der Waals surface area (Å²) in [6, 6.07) is 7.89. The molecule has 0 atom stereocenters. The van der Waals surface area contributed by atoms with Crippen LogP contribution in [0.25, 0.3) is 4.96 Å². The van der Waals surface area contributed by atoms with Crippen molar-refractivity contribution in [3.8, 4) is 0 Å². The molecule has 0 saturated heterocycles. The van der Waals surface area contributed by atoms with Gasteiger partial charge in [0, 0.05) is 29.3 Å². The quantitative estimate of drug-likeness (QED) is 0.674. The van der Waals surface area contributed by atoms with Crippen LogP contribution in [0.3, 0.4) is 0 Å². The van der Waals surface area contributed by atoms with E-state index in [4.69, 9.17) is 0 Å². The number of hydrogen-bond acceptors (Lipinski definition) is 5. The number of anilines is 1. The van der Waals surface area contributed by atoms with E-state index < -0.39 is 0 Å². The molecule has 23 heavy (non-hydrogen) atoms. The highest BCUT2D eigenvalue weighted by Crippen LogP contribution is 2.31. The third-order valence-electron chi connectivity index (χ3n) is 4.14. The largest absolute Gasteiger partial charge is 0.342 e. The van der Waals surface area contributed by atoms with Crippen molar-refractivity contribution in [3.63, 3.8) is 0 Å². The van der Waals surface area contributed by atoms with Crippen LogP contribution in [0.4, 0.5) is 5.13 Å². The minimum absolute atomic E-state index is 0.104. The fraction of sp³-hybridized carbons (Fsp3) is 0.312. The van der Waals surface area contributed by atoms with Gasteiger partial charge in [-0.25, -0.2) is 4.98 Å². The van der Waals surface area contributed by atoms with E-state index in [1.54, 1.807) is 6.07 Å². The van der Waals surface area contributed by atoms with Gasteiger partial charge in [0.15, 0.2) is 0 Å². The highest BCUT2D eigenvalue weighted by atomic mass is 79.9. The molecule has 1 aliphatic rings. The molecule has 7 heteroatoms. The van der Waals surface area contributed by atoms with Crippen molar-refractivity contribution in [2.45, 2.75) is 26.3 Å². The Kier molecular flexibility index (Phi) is 3.69. The first-order valence-electron chi connectivity index (χ1n) is 7.56. The zero-order valence-electron chi connectivity index (χ0n) is 12.6. The summed E-state index contributed by atoms with van der Waals surface area (Å²) in [7, 11) is 0. The molecule has 118 valence electrons. The van der Waals surface area contributed by atoms with Crippen LogP contribution >= 0.6 is 27.3 Å². The van der Waals surface area contributed by atoms with Gasteiger partial charge in [-0.05, 0) is 30.0 Å². The lowest BCUT2D eigenvalue weighted by molar-refractivity contribution is 0.714. The number of rotatable bonds is 2. The second kappa shape index (κ2) is 5.72. The Hall–Kier alpha value is -1.73. The van der Waals surface area contributed by atoms with Gasteiger partial charge in [-0.3, -0.25) is 4.79 Å². The topological polar surface area (TPSA) is 50.5 Å². The molecular formula is C16H15BrN4OS. The number of halogens is 1. The van der Waals surface area contributed by atoms with E-state index in [1.165, 1.54) is 27.0 Å². The van der Waals surface area contributed by atoms with Crippen LogP contribution in [0.2, 0.25) is 0 Å². The number of aryl methyl sites for hydroxylation is 1. The smallest absolute Gasteiger partial charge is 0.275 e. The minimum Gasteiger partial charge on any atom is -0.342 e. The lowest BCUT2D eigenvalue weighted by Crippen LogP contribution is -2.30. The number of aromatic nitrogens is 3. The summed E-state index contributed by atoms with van der Waals surface area (Å²) in [5.41, 5.74) is 3.39. The van der Waals surface area contributed by atoms with Gasteiger partial charge in [0.1, 0.15) is 0 Å². The second-order valence-electron chi connectivity index (χ2n) is 5.57. The maximum Gasteiger partial charge on any atom is 0.275 e. The number of hydrogen-bond donors (Lipinski definition) is 0. The van der Waals surface area contributed by atoms with Crippen molar-refractivity contribution in [1.82, 2.24) is 14.6 Å². The van der Waals surface area contributed by atoms with Gasteiger partial charge in [0.25, 0.3) is 5.56 Å². The van der Waals surface area contributed by atoms with Gasteiger partial charge < -0.3 is 4.90 Å². The molecule has 0 saturated carbocycles. The molecule has 0 aliphatic carbocycles. The van der Waals surface area contributed by atoms with Crippen molar-refractivity contribution in [1.29, 1.82) is 0 Å². The monoisotopic (exact) mass is 390 g/mol. The molecule has 3 heterocycles. The second-order valence-corrected chi connectivity index (χ2v) is 7.36. The van der Waals surface area contributed by atoms with E-state index in [0.29, 0.717) is 4.96 Å². The molecule has 0 amide bonds. The van der Waals surface area contributed by atoms with Crippen LogP contribution in [0, 0.1) is 0 Å². The van der Waals surface area contributed by atoms with Gasteiger partial charge in [-0.15, -0.1) is 5.10 Å². The van der Waals surface area contributed by atoms with Gasteiger partial charge in [-0.2, -0.15) is 4.52 Å². The summed E-state index contributed by atoms with van der Waals surface area (Å²) < 4.78 is 2.54. The van der Waals surface area contributed by atoms with Crippen molar-refractivity contribution in [3.05, 3.63) is 55.9 Å². The summed E-state index contributed by atoms with van der Waals surface area (Å²) in [5.74, 6) is 0. The Bertz CT molecular complexity index is 949. The Morgan fingerprint density at radius 1 is 1.39 bits per heavy atom. The number of fused-ring (bicyclic) bond motifs is 2. The van der Waals surface area contributed by atoms with E-state index in [-0.39, 0.29) is 5.56 Å². The van der Waals surface area contributed by atoms with Crippen molar-refractivity contribution < 1.29 is 0 Å². The fourth-order valence-electron chi connectivity index (χ4n) is 2.86. The average Bonchev–Trinajstić information content (AvgIpc) is 2.99. The predicted molar refractivity (Wildman–Crippen MR) is 95.4 cm³/mol. The molecule has 2 aromatic heterocycles. The summed E-state index contributed by atoms with van der Waals surface area (Å²) in [4.78, 5) is 19.6. The van der Waals surface area contributed by atoms with Gasteiger partial charge in [-0.1, -0.05) is 46.3 Å². The van der Waals surface area contributed by atoms with E-state index in [1.807, 2.05) is 6.92 Å². The molecular weight excluding hydrogens is 376 g/mol. The zero-order valence-corrected chi connectivity index (χ0v) is 15.0. The molecule has 0 fully saturated rings. The van der Waals surface area contributed by atoms with Crippen LogP contribution in [0.15, 0.2) is 33.5 Å². The molecule has 0 spiro atoms. The molecule has 3 aromatic rings. The molecule has 0 unspecified atom stereocenters. The highest BCUT2D eigenvalue weighted by Gasteiger charge is 2.21. The van der Waals surface area contributed by atoms with Crippen LogP contribution < -0.4 is 10.5 Å².